The second-order valence-corrected chi connectivity index (χ2v) is 7.90. The topological polar surface area (TPSA) is 87.1 Å². The normalized spacial score (nSPS) is 10.6. The van der Waals surface area contributed by atoms with Crippen LogP contribution in [-0.4, -0.2) is 18.0 Å². The molecule has 0 unspecified atom stereocenters. The van der Waals surface area contributed by atoms with Crippen molar-refractivity contribution in [2.75, 3.05) is 7.11 Å². The molecule has 0 aliphatic carbocycles. The van der Waals surface area contributed by atoms with Crippen molar-refractivity contribution in [2.24, 2.45) is 0 Å². The molecule has 3 aromatic carbocycles. The number of H-pyrrole nitrogens is 1. The molecule has 2 N–H and O–H groups in total. The van der Waals surface area contributed by atoms with Crippen LogP contribution >= 0.6 is 23.2 Å². The lowest BCUT2D eigenvalue weighted by molar-refractivity contribution is 0.0946. The van der Waals surface area contributed by atoms with Gasteiger partial charge in [-0.05, 0) is 42.5 Å². The predicted octanol–water partition coefficient (Wildman–Crippen LogP) is 6.22. The molecule has 9 heteroatoms. The van der Waals surface area contributed by atoms with Gasteiger partial charge in [-0.2, -0.15) is 5.26 Å². The van der Waals surface area contributed by atoms with Gasteiger partial charge in [-0.3, -0.25) is 4.79 Å². The van der Waals surface area contributed by atoms with Crippen molar-refractivity contribution in [1.82, 2.24) is 10.3 Å². The van der Waals surface area contributed by atoms with Crippen LogP contribution in [0.25, 0.3) is 10.9 Å². The summed E-state index contributed by atoms with van der Waals surface area (Å²) in [6, 6.07) is 16.3. The minimum Gasteiger partial charge on any atom is -0.497 e. The van der Waals surface area contributed by atoms with Gasteiger partial charge in [0.25, 0.3) is 5.91 Å². The maximum atomic E-state index is 15.1. The standard InChI is InChI=1S/C24H16Cl2FN3O3/c1-32-17-4-2-14-8-21(30-20(14)10-17)24(31)29-12-15-3-5-19(26)23(22(15)27)33-18-7-13(11-28)6-16(25)9-18/h2-10,30H,12H2,1H3,(H,29,31). The molecule has 0 bridgehead atoms. The summed E-state index contributed by atoms with van der Waals surface area (Å²) in [5, 5.41) is 12.9. The third-order valence-corrected chi connectivity index (χ3v) is 5.38. The Kier molecular flexibility index (Phi) is 6.40. The van der Waals surface area contributed by atoms with E-state index in [1.165, 1.54) is 30.3 Å². The largest absolute Gasteiger partial charge is 0.497 e. The number of halogens is 3. The second kappa shape index (κ2) is 9.41. The summed E-state index contributed by atoms with van der Waals surface area (Å²) in [4.78, 5) is 15.6. The van der Waals surface area contributed by atoms with Crippen molar-refractivity contribution in [3.05, 3.63) is 87.3 Å². The minimum absolute atomic E-state index is 0.0330. The van der Waals surface area contributed by atoms with Crippen LogP contribution in [0.2, 0.25) is 10.0 Å². The van der Waals surface area contributed by atoms with E-state index in [-0.39, 0.29) is 39.2 Å². The van der Waals surface area contributed by atoms with Gasteiger partial charge in [-0.15, -0.1) is 0 Å². The average Bonchev–Trinajstić information content (AvgIpc) is 3.24. The highest BCUT2D eigenvalue weighted by Gasteiger charge is 2.17. The van der Waals surface area contributed by atoms with Gasteiger partial charge in [0.2, 0.25) is 0 Å². The van der Waals surface area contributed by atoms with Crippen LogP contribution in [-0.2, 0) is 6.54 Å². The fraction of sp³-hybridized carbons (Fsp3) is 0.0833. The Morgan fingerprint density at radius 1 is 1.12 bits per heavy atom. The number of nitrogens with one attached hydrogen (secondary N) is 2. The number of carbonyl (C=O) groups is 1. The number of aromatic nitrogens is 1. The van der Waals surface area contributed by atoms with Gasteiger partial charge in [-0.25, -0.2) is 4.39 Å². The van der Waals surface area contributed by atoms with Crippen LogP contribution in [0.5, 0.6) is 17.2 Å². The predicted molar refractivity (Wildman–Crippen MR) is 124 cm³/mol. The summed E-state index contributed by atoms with van der Waals surface area (Å²) in [6.07, 6.45) is 0. The molecule has 4 rings (SSSR count). The van der Waals surface area contributed by atoms with Crippen molar-refractivity contribution in [3.8, 4) is 23.3 Å². The number of nitrogens with zero attached hydrogens (tertiary/aromatic N) is 1. The Balaban J connectivity index is 1.53. The maximum absolute atomic E-state index is 15.1. The lowest BCUT2D eigenvalue weighted by Gasteiger charge is -2.13. The first-order chi connectivity index (χ1) is 15.9. The van der Waals surface area contributed by atoms with Crippen LogP contribution in [0, 0.1) is 17.1 Å². The first-order valence-corrected chi connectivity index (χ1v) is 10.4. The van der Waals surface area contributed by atoms with E-state index in [1.807, 2.05) is 12.1 Å². The fourth-order valence-electron chi connectivity index (χ4n) is 3.23. The van der Waals surface area contributed by atoms with E-state index >= 15 is 4.39 Å². The number of hydrogen-bond donors (Lipinski definition) is 2. The molecule has 6 nitrogen and oxygen atoms in total. The summed E-state index contributed by atoms with van der Waals surface area (Å²) >= 11 is 12.1. The minimum atomic E-state index is -0.734. The van der Waals surface area contributed by atoms with Gasteiger partial charge in [0.05, 0.1) is 23.8 Å². The van der Waals surface area contributed by atoms with Crippen molar-refractivity contribution >= 4 is 40.0 Å². The number of rotatable bonds is 6. The van der Waals surface area contributed by atoms with E-state index in [4.69, 9.17) is 37.9 Å². The zero-order chi connectivity index (χ0) is 23.5. The Hall–Kier alpha value is -3.73. The van der Waals surface area contributed by atoms with E-state index in [0.717, 1.165) is 10.9 Å². The smallest absolute Gasteiger partial charge is 0.267 e. The Morgan fingerprint density at radius 2 is 1.94 bits per heavy atom. The Labute approximate surface area is 198 Å². The van der Waals surface area contributed by atoms with Crippen molar-refractivity contribution < 1.29 is 18.7 Å². The van der Waals surface area contributed by atoms with Crippen LogP contribution in [0.1, 0.15) is 21.6 Å². The SMILES string of the molecule is COc1ccc2cc(C(=O)NCc3ccc(Cl)c(Oc4cc(Cl)cc(C#N)c4)c3F)[nH]c2c1. The molecule has 0 aliphatic rings. The van der Waals surface area contributed by atoms with E-state index in [2.05, 4.69) is 10.3 Å². The molecule has 33 heavy (non-hydrogen) atoms. The summed E-state index contributed by atoms with van der Waals surface area (Å²) in [7, 11) is 1.56. The summed E-state index contributed by atoms with van der Waals surface area (Å²) in [6.45, 7) is -0.101. The van der Waals surface area contributed by atoms with E-state index < -0.39 is 11.7 Å². The molecule has 0 atom stereocenters. The number of amides is 1. The van der Waals surface area contributed by atoms with Crippen molar-refractivity contribution in [1.29, 1.82) is 5.26 Å². The van der Waals surface area contributed by atoms with Crippen LogP contribution in [0.4, 0.5) is 4.39 Å². The Morgan fingerprint density at radius 3 is 2.70 bits per heavy atom. The number of aromatic amines is 1. The lowest BCUT2D eigenvalue weighted by Crippen LogP contribution is -2.23. The molecule has 0 radical (unpaired) electrons. The molecular formula is C24H16Cl2FN3O3. The van der Waals surface area contributed by atoms with Crippen molar-refractivity contribution in [3.63, 3.8) is 0 Å². The summed E-state index contributed by atoms with van der Waals surface area (Å²) in [5.41, 5.74) is 1.50. The molecule has 0 saturated carbocycles. The fourth-order valence-corrected chi connectivity index (χ4v) is 3.64. The molecule has 0 spiro atoms. The highest BCUT2D eigenvalue weighted by atomic mass is 35.5. The molecule has 1 heterocycles. The van der Waals surface area contributed by atoms with E-state index in [0.29, 0.717) is 11.4 Å². The van der Waals surface area contributed by atoms with E-state index in [9.17, 15) is 4.79 Å². The molecule has 1 aromatic heterocycles. The third-order valence-electron chi connectivity index (χ3n) is 4.86. The zero-order valence-electron chi connectivity index (χ0n) is 17.2. The number of ether oxygens (including phenoxy) is 2. The number of nitriles is 1. The van der Waals surface area contributed by atoms with Gasteiger partial charge in [0, 0.05) is 34.1 Å². The van der Waals surface area contributed by atoms with Gasteiger partial charge >= 0.3 is 0 Å². The number of methoxy groups -OCH3 is 1. The van der Waals surface area contributed by atoms with Gasteiger partial charge < -0.3 is 19.8 Å². The number of fused-ring (bicyclic) bond motifs is 1. The average molecular weight is 484 g/mol. The van der Waals surface area contributed by atoms with Gasteiger partial charge in [0.1, 0.15) is 17.2 Å². The van der Waals surface area contributed by atoms with Gasteiger partial charge in [0.15, 0.2) is 11.6 Å². The number of benzene rings is 3. The van der Waals surface area contributed by atoms with Crippen LogP contribution in [0.3, 0.4) is 0 Å². The highest BCUT2D eigenvalue weighted by molar-refractivity contribution is 6.32. The monoisotopic (exact) mass is 483 g/mol. The first kappa shape index (κ1) is 22.5. The molecule has 0 fully saturated rings. The molecule has 0 aliphatic heterocycles. The maximum Gasteiger partial charge on any atom is 0.267 e. The Bertz CT molecular complexity index is 1410. The second-order valence-electron chi connectivity index (χ2n) is 7.06. The molecule has 166 valence electrons. The van der Waals surface area contributed by atoms with Crippen LogP contribution < -0.4 is 14.8 Å². The van der Waals surface area contributed by atoms with Crippen molar-refractivity contribution in [2.45, 2.75) is 6.54 Å². The first-order valence-electron chi connectivity index (χ1n) is 9.68. The quantitative estimate of drug-likeness (QED) is 0.340. The zero-order valence-corrected chi connectivity index (χ0v) is 18.7. The third kappa shape index (κ3) is 4.87. The highest BCUT2D eigenvalue weighted by Crippen LogP contribution is 2.35. The number of carbonyl (C=O) groups excluding carboxylic acids is 1. The van der Waals surface area contributed by atoms with Crippen LogP contribution in [0.15, 0.2) is 54.6 Å². The molecule has 0 saturated heterocycles. The lowest BCUT2D eigenvalue weighted by atomic mass is 10.2. The van der Waals surface area contributed by atoms with E-state index in [1.54, 1.807) is 25.3 Å². The summed E-state index contributed by atoms with van der Waals surface area (Å²) < 4.78 is 25.9. The molecular weight excluding hydrogens is 468 g/mol. The van der Waals surface area contributed by atoms with Gasteiger partial charge in [-0.1, -0.05) is 29.3 Å². The summed E-state index contributed by atoms with van der Waals surface area (Å²) in [5.74, 6) is -0.548. The number of hydrogen-bond acceptors (Lipinski definition) is 4. The molecule has 4 aromatic rings. The molecule has 1 amide bonds.